The molecule has 134 valence electrons. The van der Waals surface area contributed by atoms with Crippen LogP contribution in [0.2, 0.25) is 0 Å². The molecule has 0 amide bonds. The van der Waals surface area contributed by atoms with Crippen molar-refractivity contribution in [3.05, 3.63) is 34.4 Å². The molecule has 1 aromatic rings. The molecular formula is C11H14N2O10S. The molecule has 0 aliphatic carbocycles. The monoisotopic (exact) mass is 366 g/mol. The first kappa shape index (κ1) is 18.5. The Morgan fingerprint density at radius 1 is 1.17 bits per heavy atom. The molecule has 13 heteroatoms. The summed E-state index contributed by atoms with van der Waals surface area (Å²) in [6.45, 7) is 0. The average Bonchev–Trinajstić information content (AvgIpc) is 2.49. The third kappa shape index (κ3) is 4.35. The number of rotatable bonds is 5. The molecule has 0 saturated carbocycles. The standard InChI is InChI=1S/C11H14N2O10S/c12-7-8(14)9(15)11(23-24(18,19)20)22-10(7)21-6-3-1-5(2-4-6)13(16)17/h1-4,7-11,14-15H,12H2,(H,18,19,20)/t7-,8-,9+,10-,11-/m1/s1. The van der Waals surface area contributed by atoms with Crippen molar-refractivity contribution in [3.63, 3.8) is 0 Å². The molecule has 1 heterocycles. The van der Waals surface area contributed by atoms with Crippen LogP contribution in [-0.4, -0.2) is 58.9 Å². The predicted octanol–water partition coefficient (Wildman–Crippen LogP) is -1.48. The van der Waals surface area contributed by atoms with E-state index in [1.54, 1.807) is 0 Å². The summed E-state index contributed by atoms with van der Waals surface area (Å²) in [5, 5.41) is 30.0. The first-order valence-electron chi connectivity index (χ1n) is 6.42. The molecule has 2 rings (SSSR count). The highest BCUT2D eigenvalue weighted by Gasteiger charge is 2.46. The molecule has 5 atom stereocenters. The third-order valence-corrected chi connectivity index (χ3v) is 3.55. The molecule has 0 bridgehead atoms. The van der Waals surface area contributed by atoms with E-state index in [9.17, 15) is 28.7 Å². The second kappa shape index (κ2) is 6.94. The number of aliphatic hydroxyl groups excluding tert-OH is 2. The zero-order chi connectivity index (χ0) is 18.1. The van der Waals surface area contributed by atoms with Crippen molar-refractivity contribution in [3.8, 4) is 5.75 Å². The largest absolute Gasteiger partial charge is 0.463 e. The Hall–Kier alpha value is -1.87. The van der Waals surface area contributed by atoms with Crippen molar-refractivity contribution >= 4 is 16.1 Å². The number of hydrogen-bond donors (Lipinski definition) is 4. The summed E-state index contributed by atoms with van der Waals surface area (Å²) in [4.78, 5) is 9.95. The lowest BCUT2D eigenvalue weighted by Gasteiger charge is -2.39. The minimum atomic E-state index is -4.98. The van der Waals surface area contributed by atoms with E-state index in [0.29, 0.717) is 0 Å². The smallest absolute Gasteiger partial charge is 0.399 e. The Morgan fingerprint density at radius 2 is 1.75 bits per heavy atom. The molecule has 0 radical (unpaired) electrons. The summed E-state index contributed by atoms with van der Waals surface area (Å²) in [6, 6.07) is 3.44. The fourth-order valence-electron chi connectivity index (χ4n) is 1.94. The van der Waals surface area contributed by atoms with Crippen molar-refractivity contribution in [2.45, 2.75) is 30.8 Å². The number of non-ortho nitro benzene ring substituents is 1. The summed E-state index contributed by atoms with van der Waals surface area (Å²) in [5.41, 5.74) is 5.43. The number of ether oxygens (including phenoxy) is 2. The maximum absolute atomic E-state index is 10.7. The van der Waals surface area contributed by atoms with E-state index in [2.05, 4.69) is 4.18 Å². The van der Waals surface area contributed by atoms with Crippen molar-refractivity contribution < 1.29 is 41.8 Å². The van der Waals surface area contributed by atoms with Gasteiger partial charge in [-0.2, -0.15) is 8.42 Å². The van der Waals surface area contributed by atoms with E-state index in [4.69, 9.17) is 19.8 Å². The molecule has 1 fully saturated rings. The van der Waals surface area contributed by atoms with Crippen LogP contribution in [0, 0.1) is 10.1 Å². The second-order valence-electron chi connectivity index (χ2n) is 4.82. The molecule has 5 N–H and O–H groups in total. The lowest BCUT2D eigenvalue weighted by Crippen LogP contribution is -2.63. The van der Waals surface area contributed by atoms with Crippen molar-refractivity contribution in [1.82, 2.24) is 0 Å². The van der Waals surface area contributed by atoms with Crippen LogP contribution >= 0.6 is 0 Å². The van der Waals surface area contributed by atoms with Gasteiger partial charge in [-0.3, -0.25) is 14.7 Å². The van der Waals surface area contributed by atoms with E-state index in [0.717, 1.165) is 12.1 Å². The predicted molar refractivity (Wildman–Crippen MR) is 75.0 cm³/mol. The minimum absolute atomic E-state index is 0.0650. The van der Waals surface area contributed by atoms with Crippen molar-refractivity contribution in [2.75, 3.05) is 0 Å². The molecule has 0 spiro atoms. The topological polar surface area (TPSA) is 192 Å². The fraction of sp³-hybridized carbons (Fsp3) is 0.455. The van der Waals surface area contributed by atoms with Crippen LogP contribution in [0.15, 0.2) is 24.3 Å². The third-order valence-electron chi connectivity index (χ3n) is 3.12. The highest BCUT2D eigenvalue weighted by atomic mass is 32.3. The number of nitro benzene ring substituents is 1. The molecule has 1 aliphatic heterocycles. The van der Waals surface area contributed by atoms with Crippen LogP contribution in [0.4, 0.5) is 5.69 Å². The van der Waals surface area contributed by atoms with Crippen LogP contribution in [0.1, 0.15) is 0 Å². The summed E-state index contributed by atoms with van der Waals surface area (Å²) < 4.78 is 44.4. The van der Waals surface area contributed by atoms with Gasteiger partial charge in [-0.1, -0.05) is 0 Å². The zero-order valence-electron chi connectivity index (χ0n) is 11.8. The van der Waals surface area contributed by atoms with Gasteiger partial charge in [0.25, 0.3) is 5.69 Å². The second-order valence-corrected chi connectivity index (χ2v) is 5.87. The Bertz CT molecular complexity index is 693. The number of nitrogens with zero attached hydrogens (tertiary/aromatic N) is 1. The SMILES string of the molecule is N[C@H]1[C@H](Oc2ccc([N+](=O)[O-])cc2)O[C@H](OS(=O)(=O)O)[C@@H](O)[C@@H]1O. The fourth-order valence-corrected chi connectivity index (χ4v) is 2.34. The lowest BCUT2D eigenvalue weighted by molar-refractivity contribution is -0.384. The molecule has 12 nitrogen and oxygen atoms in total. The number of hydrogen-bond acceptors (Lipinski definition) is 10. The Labute approximate surface area is 135 Å². The van der Waals surface area contributed by atoms with Gasteiger partial charge in [-0.15, -0.1) is 0 Å². The Balaban J connectivity index is 2.14. The molecular weight excluding hydrogens is 352 g/mol. The first-order valence-corrected chi connectivity index (χ1v) is 7.79. The van der Waals surface area contributed by atoms with Gasteiger partial charge in [0, 0.05) is 12.1 Å². The Morgan fingerprint density at radius 3 is 2.25 bits per heavy atom. The van der Waals surface area contributed by atoms with Gasteiger partial charge in [0.1, 0.15) is 18.0 Å². The van der Waals surface area contributed by atoms with E-state index in [1.165, 1.54) is 12.1 Å². The van der Waals surface area contributed by atoms with Crippen LogP contribution in [0.5, 0.6) is 5.75 Å². The van der Waals surface area contributed by atoms with Crippen LogP contribution < -0.4 is 10.5 Å². The molecule has 24 heavy (non-hydrogen) atoms. The number of benzene rings is 1. The number of aliphatic hydroxyl groups is 2. The van der Waals surface area contributed by atoms with Gasteiger partial charge in [0.15, 0.2) is 0 Å². The highest BCUT2D eigenvalue weighted by molar-refractivity contribution is 7.80. The van der Waals surface area contributed by atoms with Gasteiger partial charge < -0.3 is 25.4 Å². The maximum Gasteiger partial charge on any atom is 0.399 e. The summed E-state index contributed by atoms with van der Waals surface area (Å²) >= 11 is 0. The average molecular weight is 366 g/mol. The molecule has 0 aromatic heterocycles. The van der Waals surface area contributed by atoms with Gasteiger partial charge in [0.2, 0.25) is 12.6 Å². The first-order chi connectivity index (χ1) is 11.1. The van der Waals surface area contributed by atoms with Gasteiger partial charge in [0.05, 0.1) is 11.0 Å². The van der Waals surface area contributed by atoms with Gasteiger partial charge >= 0.3 is 10.4 Å². The van der Waals surface area contributed by atoms with E-state index in [1.807, 2.05) is 0 Å². The lowest BCUT2D eigenvalue weighted by atomic mass is 10.0. The molecule has 1 saturated heterocycles. The van der Waals surface area contributed by atoms with Crippen molar-refractivity contribution in [1.29, 1.82) is 0 Å². The summed E-state index contributed by atoms with van der Waals surface area (Å²) in [6.07, 6.45) is -6.97. The van der Waals surface area contributed by atoms with Gasteiger partial charge in [-0.05, 0) is 12.1 Å². The maximum atomic E-state index is 10.7. The minimum Gasteiger partial charge on any atom is -0.463 e. The normalized spacial score (nSPS) is 30.8. The highest BCUT2D eigenvalue weighted by Crippen LogP contribution is 2.25. The van der Waals surface area contributed by atoms with Gasteiger partial charge in [-0.25, -0.2) is 4.18 Å². The Kier molecular flexibility index (Phi) is 5.34. The molecule has 1 aliphatic rings. The van der Waals surface area contributed by atoms with E-state index < -0.39 is 46.2 Å². The van der Waals surface area contributed by atoms with Crippen molar-refractivity contribution in [2.24, 2.45) is 5.73 Å². The van der Waals surface area contributed by atoms with Crippen LogP contribution in [0.25, 0.3) is 0 Å². The van der Waals surface area contributed by atoms with Crippen LogP contribution in [0.3, 0.4) is 0 Å². The quantitative estimate of drug-likeness (QED) is 0.270. The summed E-state index contributed by atoms with van der Waals surface area (Å²) in [5.74, 6) is 0.0650. The zero-order valence-corrected chi connectivity index (χ0v) is 12.6. The molecule has 0 unspecified atom stereocenters. The molecule has 1 aromatic carbocycles. The van der Waals surface area contributed by atoms with E-state index in [-0.39, 0.29) is 11.4 Å². The number of nitrogens with two attached hydrogens (primary N) is 1. The number of nitro groups is 1. The van der Waals surface area contributed by atoms with Crippen LogP contribution in [-0.2, 0) is 19.3 Å². The summed E-state index contributed by atoms with van der Waals surface area (Å²) in [7, 11) is -4.98. The van der Waals surface area contributed by atoms with E-state index >= 15 is 0 Å².